The van der Waals surface area contributed by atoms with Crippen LogP contribution >= 0.6 is 11.6 Å². The molecule has 1 aliphatic rings. The van der Waals surface area contributed by atoms with E-state index in [4.69, 9.17) is 17.3 Å². The van der Waals surface area contributed by atoms with Crippen LogP contribution in [0.4, 0.5) is 0 Å². The number of carboxylic acid groups (broad SMARTS) is 1. The molecule has 0 aliphatic carbocycles. The Morgan fingerprint density at radius 1 is 0.567 bits per heavy atom. The number of aromatic amines is 2. The highest BCUT2D eigenvalue weighted by molar-refractivity contribution is 6.30. The molecule has 546 valence electrons. The predicted molar refractivity (Wildman–Crippen MR) is 383 cm³/mol. The fourth-order valence-corrected chi connectivity index (χ4v) is 12.5. The first-order chi connectivity index (χ1) is 50.1. The molecular weight excluding hydrogens is 1360 g/mol. The number of nitrogens with zero attached hydrogens (tertiary/aromatic N) is 3. The van der Waals surface area contributed by atoms with Gasteiger partial charge in [-0.25, -0.2) is 4.98 Å². The first-order valence-electron chi connectivity index (χ1n) is 34.0. The van der Waals surface area contributed by atoms with Gasteiger partial charge in [0, 0.05) is 98.4 Å². The quantitative estimate of drug-likeness (QED) is 0.0249. The van der Waals surface area contributed by atoms with Crippen LogP contribution in [0.25, 0.3) is 21.7 Å². The van der Waals surface area contributed by atoms with Gasteiger partial charge in [-0.2, -0.15) is 0 Å². The molecule has 104 heavy (non-hydrogen) atoms. The van der Waals surface area contributed by atoms with Crippen LogP contribution in [-0.2, 0) is 91.3 Å². The summed E-state index contributed by atoms with van der Waals surface area (Å²) in [5, 5.41) is 57.3. The second-order valence-electron chi connectivity index (χ2n) is 25.4. The normalized spacial score (nSPS) is 15.0. The van der Waals surface area contributed by atoms with Crippen molar-refractivity contribution in [2.45, 2.75) is 132 Å². The maximum absolute atomic E-state index is 15.1. The number of para-hydroxylation sites is 1. The summed E-state index contributed by atoms with van der Waals surface area (Å²) in [4.78, 5) is 171. The van der Waals surface area contributed by atoms with E-state index in [-0.39, 0.29) is 76.6 Å². The van der Waals surface area contributed by atoms with E-state index in [1.54, 1.807) is 72.9 Å². The first-order valence-corrected chi connectivity index (χ1v) is 34.4. The minimum atomic E-state index is -1.81. The molecule has 16 N–H and O–H groups in total. The second kappa shape index (κ2) is 37.4. The number of unbranched alkanes of at least 4 members (excludes halogenated alkanes) is 1. The summed E-state index contributed by atoms with van der Waals surface area (Å²) >= 11 is 6.24. The van der Waals surface area contributed by atoms with Gasteiger partial charge in [0.05, 0.1) is 12.9 Å². The molecule has 0 bridgehead atoms. The fourth-order valence-electron chi connectivity index (χ4n) is 12.4. The van der Waals surface area contributed by atoms with Crippen molar-refractivity contribution in [2.24, 2.45) is 5.73 Å². The molecule has 30 heteroatoms. The van der Waals surface area contributed by atoms with Crippen LogP contribution in [0.3, 0.4) is 0 Å². The third kappa shape index (κ3) is 22.0. The molecule has 0 unspecified atom stereocenters. The maximum Gasteiger partial charge on any atom is 0.322 e. The molecule has 0 radical (unpaired) electrons. The molecule has 5 aromatic carbocycles. The molecule has 1 saturated heterocycles. The zero-order valence-corrected chi connectivity index (χ0v) is 57.7. The third-order valence-corrected chi connectivity index (χ3v) is 18.0. The number of carbonyl (C=O) groups is 11. The van der Waals surface area contributed by atoms with Crippen LogP contribution in [0.2, 0.25) is 5.02 Å². The summed E-state index contributed by atoms with van der Waals surface area (Å²) in [5.74, 6) is -9.61. The fraction of sp³-hybridized carbons (Fsp3) is 0.338. The van der Waals surface area contributed by atoms with Crippen molar-refractivity contribution in [3.63, 3.8) is 0 Å². The topological polar surface area (TPSA) is 443 Å². The highest BCUT2D eigenvalue weighted by atomic mass is 35.5. The van der Waals surface area contributed by atoms with Gasteiger partial charge in [-0.15, -0.1) is 0 Å². The molecule has 1 aliphatic heterocycles. The van der Waals surface area contributed by atoms with Crippen LogP contribution in [0.15, 0.2) is 159 Å². The Balaban J connectivity index is 0.948. The number of likely N-dealkylation sites (tertiary alicyclic amines) is 1. The molecule has 10 amide bonds. The van der Waals surface area contributed by atoms with Gasteiger partial charge < -0.3 is 83.8 Å². The largest absolute Gasteiger partial charge is 0.508 e. The molecular formula is C74H84ClN15O14. The van der Waals surface area contributed by atoms with Gasteiger partial charge in [-0.05, 0) is 114 Å². The number of fused-ring (bicyclic) bond motifs is 2. The monoisotopic (exact) mass is 1440 g/mol. The van der Waals surface area contributed by atoms with Gasteiger partial charge >= 0.3 is 5.97 Å². The number of nitrogens with one attached hydrogen (secondary N) is 11. The number of phenolic OH excluding ortho intramolecular Hbond substituents is 1. The number of amides is 10. The lowest BCUT2D eigenvalue weighted by Crippen LogP contribution is -2.61. The predicted octanol–water partition coefficient (Wildman–Crippen LogP) is 1.77. The number of hydrogen-bond acceptors (Lipinski definition) is 16. The summed E-state index contributed by atoms with van der Waals surface area (Å²) in [7, 11) is 0. The van der Waals surface area contributed by atoms with E-state index in [1.165, 1.54) is 48.9 Å². The molecule has 0 spiro atoms. The van der Waals surface area contributed by atoms with Crippen LogP contribution in [0.5, 0.6) is 5.75 Å². The van der Waals surface area contributed by atoms with Crippen molar-refractivity contribution in [1.29, 1.82) is 0 Å². The third-order valence-electron chi connectivity index (χ3n) is 17.7. The highest BCUT2D eigenvalue weighted by Crippen LogP contribution is 2.24. The zero-order valence-electron chi connectivity index (χ0n) is 56.9. The summed E-state index contributed by atoms with van der Waals surface area (Å²) in [6, 6.07) is 23.1. The van der Waals surface area contributed by atoms with E-state index >= 15 is 9.59 Å². The Hall–Kier alpha value is -11.6. The standard InChI is InChI=1S/C74H84ClN15O14/c1-43(92)82-57(33-46-17-22-48-11-2-3-12-49(48)30-46)67(97)84-58(31-44-18-23-51(75)24-19-44)68(98)85-59(34-47-10-8-28-77-37-47)69(99)89-63(41-91)72(102)87-61(36-52-39-78-42-81-52)71(101)83-56(15-6-7-27-76)66(96)86-60(35-50-38-79-55-14-5-4-13-54(50)55)70(100)88-62(32-45-20-25-53(93)26-21-45)74(104)90-29-9-16-64(90)73(103)80-40-65(94)95/h2-5,8,10-14,17-26,28,30,37-39,42,56-64,79,91,93H,6-7,9,15-16,27,29,31-36,40-41,76H2,1H3,(H,78,81)(H,80,103)(H,82,92)(H,83,101)(H,84,97)(H,85,98)(H,86,96)(H,87,102)(H,88,100)(H,89,99)(H,94,95)/t56-,57-,58-,59-,60+,61+,62+,63+,64+/m1/s1. The Bertz CT molecular complexity index is 4320. The van der Waals surface area contributed by atoms with Gasteiger partial charge in [0.2, 0.25) is 59.1 Å². The number of aromatic nitrogens is 4. The van der Waals surface area contributed by atoms with E-state index in [9.17, 15) is 58.5 Å². The van der Waals surface area contributed by atoms with Crippen molar-refractivity contribution in [2.75, 3.05) is 26.2 Å². The molecule has 9 rings (SSSR count). The van der Waals surface area contributed by atoms with E-state index in [1.807, 2.05) is 48.5 Å². The van der Waals surface area contributed by atoms with Crippen molar-refractivity contribution in [3.8, 4) is 5.75 Å². The molecule has 4 heterocycles. The molecule has 9 atom stereocenters. The molecule has 29 nitrogen and oxygen atoms in total. The average molecular weight is 1440 g/mol. The molecule has 0 saturated carbocycles. The number of rotatable bonds is 36. The van der Waals surface area contributed by atoms with E-state index < -0.39 is 133 Å². The number of aromatic hydroxyl groups is 1. The minimum absolute atomic E-state index is 0.0372. The van der Waals surface area contributed by atoms with Crippen LogP contribution in [0, 0.1) is 0 Å². The van der Waals surface area contributed by atoms with Crippen molar-refractivity contribution in [3.05, 3.63) is 197 Å². The number of aliphatic hydroxyl groups excluding tert-OH is 1. The van der Waals surface area contributed by atoms with E-state index in [0.29, 0.717) is 62.3 Å². The number of hydrogen-bond donors (Lipinski definition) is 15. The van der Waals surface area contributed by atoms with E-state index in [0.717, 1.165) is 10.8 Å². The second-order valence-corrected chi connectivity index (χ2v) is 25.9. The maximum atomic E-state index is 15.1. The summed E-state index contributed by atoms with van der Waals surface area (Å²) in [5.41, 5.74) is 9.73. The lowest BCUT2D eigenvalue weighted by molar-refractivity contribution is -0.143. The number of pyridine rings is 1. The Morgan fingerprint density at radius 2 is 1.12 bits per heavy atom. The molecule has 8 aromatic rings. The number of nitrogens with two attached hydrogens (primary N) is 1. The minimum Gasteiger partial charge on any atom is -0.508 e. The molecule has 1 fully saturated rings. The van der Waals surface area contributed by atoms with Crippen molar-refractivity contribution >= 4 is 98.3 Å². The number of benzene rings is 5. The number of phenols is 1. The SMILES string of the molecule is CC(=O)N[C@H](Cc1ccc2ccccc2c1)C(=O)N[C@H](Cc1ccc(Cl)cc1)C(=O)N[C@H](Cc1cccnc1)C(=O)N[C@@H](CO)C(=O)N[C@@H](Cc1cnc[nH]1)C(=O)N[C@H](CCCCN)C(=O)N[C@@H](Cc1c[nH]c2ccccc12)C(=O)N[C@@H](Cc1ccc(O)cc1)C(=O)N1CCC[C@H]1C(=O)NCC(=O)O. The van der Waals surface area contributed by atoms with Crippen molar-refractivity contribution < 1.29 is 68.1 Å². The Morgan fingerprint density at radius 3 is 1.74 bits per heavy atom. The number of aliphatic hydroxyl groups is 1. The van der Waals surface area contributed by atoms with E-state index in [2.05, 4.69) is 67.8 Å². The van der Waals surface area contributed by atoms with Gasteiger partial charge in [-0.3, -0.25) is 57.7 Å². The summed E-state index contributed by atoms with van der Waals surface area (Å²) < 4.78 is 0. The van der Waals surface area contributed by atoms with Crippen LogP contribution < -0.4 is 53.6 Å². The van der Waals surface area contributed by atoms with Crippen LogP contribution in [-0.4, -0.2) is 186 Å². The first kappa shape index (κ1) is 76.6. The van der Waals surface area contributed by atoms with Gasteiger partial charge in [-0.1, -0.05) is 103 Å². The van der Waals surface area contributed by atoms with Crippen LogP contribution in [0.1, 0.15) is 72.5 Å². The van der Waals surface area contributed by atoms with Gasteiger partial charge in [0.1, 0.15) is 66.7 Å². The number of halogens is 1. The van der Waals surface area contributed by atoms with Gasteiger partial charge in [0.15, 0.2) is 0 Å². The lowest BCUT2D eigenvalue weighted by atomic mass is 9.99. The number of H-pyrrole nitrogens is 2. The molecule has 3 aromatic heterocycles. The Labute approximate surface area is 603 Å². The summed E-state index contributed by atoms with van der Waals surface area (Å²) in [6.07, 6.45) is 7.51. The van der Waals surface area contributed by atoms with Gasteiger partial charge in [0.25, 0.3) is 0 Å². The number of aliphatic carboxylic acids is 1. The number of carbonyl (C=O) groups excluding carboxylic acids is 10. The highest BCUT2D eigenvalue weighted by Gasteiger charge is 2.40. The van der Waals surface area contributed by atoms with Crippen molar-refractivity contribution in [1.82, 2.24) is 72.7 Å². The average Bonchev–Trinajstić information content (AvgIpc) is 1.67. The smallest absolute Gasteiger partial charge is 0.322 e. The zero-order chi connectivity index (χ0) is 74.2. The lowest BCUT2D eigenvalue weighted by Gasteiger charge is -2.30. The summed E-state index contributed by atoms with van der Waals surface area (Å²) in [6.45, 7) is -0.208. The number of carboxylic acids is 1. The Kier molecular flexibility index (Phi) is 27.5. The number of imidazole rings is 1.